The van der Waals surface area contributed by atoms with E-state index in [4.69, 9.17) is 5.11 Å². The minimum absolute atomic E-state index is 0.347. The highest BCUT2D eigenvalue weighted by molar-refractivity contribution is 5.87. The number of carboxylic acids is 1. The van der Waals surface area contributed by atoms with Crippen LogP contribution in [0.15, 0.2) is 42.5 Å². The van der Waals surface area contributed by atoms with Crippen LogP contribution in [0.4, 0.5) is 5.69 Å². The maximum atomic E-state index is 11.1. The second kappa shape index (κ2) is 6.76. The smallest absolute Gasteiger partial charge is 0.335 e. The first-order valence-electron chi connectivity index (χ1n) is 9.41. The number of nitrogens with zero attached hydrogens (tertiary/aromatic N) is 2. The molecule has 0 spiro atoms. The van der Waals surface area contributed by atoms with E-state index < -0.39 is 5.97 Å². The standard InChI is InChI=1S/C22H26N2O2/c1-15-5-10-21-18(12-15)19-14-23(2)11-3-4-20(19)24(21)13-16-6-8-17(9-7-16)22(25)26/h5-10,12,19-20H,3-4,11,13-14H2,1-2H3,(H,25,26)/t19?,20-/m1/s1. The zero-order chi connectivity index (χ0) is 18.3. The zero-order valence-electron chi connectivity index (χ0n) is 15.5. The molecule has 0 saturated carbocycles. The van der Waals surface area contributed by atoms with Crippen molar-refractivity contribution in [2.24, 2.45) is 0 Å². The fraction of sp³-hybridized carbons (Fsp3) is 0.409. The summed E-state index contributed by atoms with van der Waals surface area (Å²) in [5, 5.41) is 9.11. The lowest BCUT2D eigenvalue weighted by molar-refractivity contribution is 0.0697. The summed E-state index contributed by atoms with van der Waals surface area (Å²) < 4.78 is 0. The number of aryl methyl sites for hydroxylation is 1. The average Bonchev–Trinajstić information content (AvgIpc) is 2.76. The molecule has 1 unspecified atom stereocenters. The monoisotopic (exact) mass is 350 g/mol. The molecule has 2 aliphatic rings. The summed E-state index contributed by atoms with van der Waals surface area (Å²) in [6.45, 7) is 5.27. The van der Waals surface area contributed by atoms with Crippen LogP contribution in [0, 0.1) is 6.92 Å². The molecule has 0 bridgehead atoms. The quantitative estimate of drug-likeness (QED) is 0.912. The van der Waals surface area contributed by atoms with Crippen molar-refractivity contribution in [3.05, 3.63) is 64.7 Å². The van der Waals surface area contributed by atoms with Gasteiger partial charge in [0.1, 0.15) is 0 Å². The molecule has 1 saturated heterocycles. The number of likely N-dealkylation sites (N-methyl/N-ethyl adjacent to an activating group) is 1. The Hall–Kier alpha value is -2.33. The van der Waals surface area contributed by atoms with Gasteiger partial charge in [0.05, 0.1) is 5.56 Å². The maximum absolute atomic E-state index is 11.1. The number of fused-ring (bicyclic) bond motifs is 3. The summed E-state index contributed by atoms with van der Waals surface area (Å²) in [7, 11) is 2.23. The topological polar surface area (TPSA) is 43.8 Å². The third-order valence-corrected chi connectivity index (χ3v) is 5.86. The summed E-state index contributed by atoms with van der Waals surface area (Å²) in [5.41, 5.74) is 5.66. The third-order valence-electron chi connectivity index (χ3n) is 5.86. The fourth-order valence-corrected chi connectivity index (χ4v) is 4.56. The molecular formula is C22H26N2O2. The van der Waals surface area contributed by atoms with Crippen LogP contribution < -0.4 is 4.90 Å². The van der Waals surface area contributed by atoms with Crippen LogP contribution >= 0.6 is 0 Å². The Bertz CT molecular complexity index is 815. The van der Waals surface area contributed by atoms with E-state index in [1.165, 1.54) is 35.2 Å². The number of benzene rings is 2. The Labute approximate surface area is 155 Å². The minimum Gasteiger partial charge on any atom is -0.478 e. The highest BCUT2D eigenvalue weighted by atomic mass is 16.4. The van der Waals surface area contributed by atoms with E-state index in [2.05, 4.69) is 42.0 Å². The highest BCUT2D eigenvalue weighted by Crippen LogP contribution is 2.45. The molecular weight excluding hydrogens is 324 g/mol. The van der Waals surface area contributed by atoms with Gasteiger partial charge in [0, 0.05) is 30.7 Å². The van der Waals surface area contributed by atoms with Crippen LogP contribution in [-0.2, 0) is 6.54 Å². The van der Waals surface area contributed by atoms with E-state index in [1.54, 1.807) is 12.1 Å². The van der Waals surface area contributed by atoms with Gasteiger partial charge in [-0.05, 0) is 62.7 Å². The summed E-state index contributed by atoms with van der Waals surface area (Å²) in [6, 6.07) is 14.7. The lowest BCUT2D eigenvalue weighted by Crippen LogP contribution is -2.35. The summed E-state index contributed by atoms with van der Waals surface area (Å²) in [5.74, 6) is -0.318. The lowest BCUT2D eigenvalue weighted by Gasteiger charge is -2.30. The van der Waals surface area contributed by atoms with Crippen LogP contribution in [-0.4, -0.2) is 42.2 Å². The number of anilines is 1. The predicted octanol–water partition coefficient (Wildman–Crippen LogP) is 3.89. The molecule has 0 amide bonds. The largest absolute Gasteiger partial charge is 0.478 e. The van der Waals surface area contributed by atoms with Crippen molar-refractivity contribution < 1.29 is 9.90 Å². The van der Waals surface area contributed by atoms with Crippen molar-refractivity contribution in [1.29, 1.82) is 0 Å². The van der Waals surface area contributed by atoms with Crippen molar-refractivity contribution >= 4 is 11.7 Å². The Morgan fingerprint density at radius 3 is 2.69 bits per heavy atom. The minimum atomic E-state index is -0.870. The van der Waals surface area contributed by atoms with E-state index >= 15 is 0 Å². The molecule has 136 valence electrons. The summed E-state index contributed by atoms with van der Waals surface area (Å²) in [6.07, 6.45) is 2.43. The predicted molar refractivity (Wildman–Crippen MR) is 104 cm³/mol. The van der Waals surface area contributed by atoms with Gasteiger partial charge in [-0.3, -0.25) is 0 Å². The highest BCUT2D eigenvalue weighted by Gasteiger charge is 2.39. The first-order chi connectivity index (χ1) is 12.5. The molecule has 2 atom stereocenters. The number of carboxylic acid groups (broad SMARTS) is 1. The van der Waals surface area contributed by atoms with Gasteiger partial charge in [-0.2, -0.15) is 0 Å². The van der Waals surface area contributed by atoms with E-state index in [0.29, 0.717) is 17.5 Å². The van der Waals surface area contributed by atoms with Gasteiger partial charge in [0.2, 0.25) is 0 Å². The lowest BCUT2D eigenvalue weighted by atomic mass is 9.92. The van der Waals surface area contributed by atoms with Crippen LogP contribution in [0.1, 0.15) is 45.8 Å². The summed E-state index contributed by atoms with van der Waals surface area (Å²) >= 11 is 0. The van der Waals surface area contributed by atoms with Gasteiger partial charge >= 0.3 is 5.97 Å². The van der Waals surface area contributed by atoms with Gasteiger partial charge in [-0.25, -0.2) is 4.79 Å². The van der Waals surface area contributed by atoms with E-state index in [0.717, 1.165) is 19.6 Å². The van der Waals surface area contributed by atoms with Gasteiger partial charge in [0.15, 0.2) is 0 Å². The Kier molecular flexibility index (Phi) is 4.45. The van der Waals surface area contributed by atoms with Crippen LogP contribution in [0.2, 0.25) is 0 Å². The molecule has 2 heterocycles. The molecule has 2 aromatic carbocycles. The van der Waals surface area contributed by atoms with E-state index in [-0.39, 0.29) is 0 Å². The Morgan fingerprint density at radius 1 is 1.19 bits per heavy atom. The molecule has 0 radical (unpaired) electrons. The number of hydrogen-bond donors (Lipinski definition) is 1. The van der Waals surface area contributed by atoms with Crippen LogP contribution in [0.3, 0.4) is 0 Å². The number of rotatable bonds is 3. The van der Waals surface area contributed by atoms with Crippen molar-refractivity contribution in [2.75, 3.05) is 25.0 Å². The Balaban J connectivity index is 1.67. The fourth-order valence-electron chi connectivity index (χ4n) is 4.56. The molecule has 2 aromatic rings. The second-order valence-electron chi connectivity index (χ2n) is 7.77. The first-order valence-corrected chi connectivity index (χ1v) is 9.41. The van der Waals surface area contributed by atoms with Gasteiger partial charge in [-0.1, -0.05) is 29.8 Å². The van der Waals surface area contributed by atoms with Gasteiger partial charge in [-0.15, -0.1) is 0 Å². The molecule has 4 rings (SSSR count). The molecule has 4 heteroatoms. The van der Waals surface area contributed by atoms with Crippen LogP contribution in [0.5, 0.6) is 0 Å². The van der Waals surface area contributed by atoms with Crippen LogP contribution in [0.25, 0.3) is 0 Å². The van der Waals surface area contributed by atoms with Gasteiger partial charge < -0.3 is 14.9 Å². The number of carbonyl (C=O) groups is 1. The van der Waals surface area contributed by atoms with Crippen molar-refractivity contribution in [3.63, 3.8) is 0 Å². The average molecular weight is 350 g/mol. The van der Waals surface area contributed by atoms with E-state index in [9.17, 15) is 4.79 Å². The Morgan fingerprint density at radius 2 is 1.96 bits per heavy atom. The number of hydrogen-bond acceptors (Lipinski definition) is 3. The molecule has 1 fully saturated rings. The SMILES string of the molecule is Cc1ccc2c(c1)C1CN(C)CCC[C@H]1N2Cc1ccc(C(=O)O)cc1. The molecule has 0 aromatic heterocycles. The van der Waals surface area contributed by atoms with Crippen molar-refractivity contribution in [1.82, 2.24) is 4.90 Å². The van der Waals surface area contributed by atoms with E-state index in [1.807, 2.05) is 12.1 Å². The molecule has 2 aliphatic heterocycles. The summed E-state index contributed by atoms with van der Waals surface area (Å²) in [4.78, 5) is 16.1. The molecule has 4 nitrogen and oxygen atoms in total. The number of likely N-dealkylation sites (tertiary alicyclic amines) is 1. The van der Waals surface area contributed by atoms with Crippen molar-refractivity contribution in [2.45, 2.75) is 38.3 Å². The second-order valence-corrected chi connectivity index (χ2v) is 7.77. The van der Waals surface area contributed by atoms with Gasteiger partial charge in [0.25, 0.3) is 0 Å². The normalized spacial score (nSPS) is 22.6. The molecule has 0 aliphatic carbocycles. The first kappa shape index (κ1) is 17.1. The molecule has 26 heavy (non-hydrogen) atoms. The molecule has 1 N–H and O–H groups in total. The zero-order valence-corrected chi connectivity index (χ0v) is 15.5. The third kappa shape index (κ3) is 3.10. The van der Waals surface area contributed by atoms with Crippen molar-refractivity contribution in [3.8, 4) is 0 Å². The maximum Gasteiger partial charge on any atom is 0.335 e. The number of aromatic carboxylic acids is 1.